The van der Waals surface area contributed by atoms with E-state index >= 15 is 0 Å². The molecule has 3 heteroatoms. The van der Waals surface area contributed by atoms with Crippen LogP contribution in [0.25, 0.3) is 0 Å². The number of rotatable bonds is 1. The van der Waals surface area contributed by atoms with Crippen molar-refractivity contribution in [1.29, 1.82) is 0 Å². The zero-order chi connectivity index (χ0) is 10.9. The average molecular weight is 290 g/mol. The maximum Gasteiger partial charge on any atom is 0.0778 e. The summed E-state index contributed by atoms with van der Waals surface area (Å²) in [6, 6.07) is 7.75. The molecular formula is C12H14BrClO. The number of benzene rings is 1. The molecule has 2 rings (SSSR count). The molecular weight excluding hydrogens is 275 g/mol. The molecule has 0 radical (unpaired) electrons. The number of aliphatic hydroxyl groups excluding tert-OH is 1. The van der Waals surface area contributed by atoms with Crippen molar-refractivity contribution in [1.82, 2.24) is 0 Å². The van der Waals surface area contributed by atoms with Gasteiger partial charge in [0.1, 0.15) is 0 Å². The maximum absolute atomic E-state index is 10.1. The minimum Gasteiger partial charge on any atom is -0.391 e. The summed E-state index contributed by atoms with van der Waals surface area (Å²) in [6.07, 6.45) is 3.67. The van der Waals surface area contributed by atoms with Crippen molar-refractivity contribution in [2.24, 2.45) is 0 Å². The van der Waals surface area contributed by atoms with Crippen LogP contribution < -0.4 is 0 Å². The Hall–Kier alpha value is -0.0500. The first kappa shape index (κ1) is 11.4. The number of halogens is 2. The smallest absolute Gasteiger partial charge is 0.0778 e. The molecule has 0 aromatic heterocycles. The van der Waals surface area contributed by atoms with Crippen LogP contribution in [0.4, 0.5) is 0 Å². The van der Waals surface area contributed by atoms with Gasteiger partial charge in [-0.05, 0) is 24.5 Å². The lowest BCUT2D eigenvalue weighted by Gasteiger charge is -2.37. The van der Waals surface area contributed by atoms with Crippen molar-refractivity contribution in [3.63, 3.8) is 0 Å². The third kappa shape index (κ3) is 2.08. The van der Waals surface area contributed by atoms with E-state index in [1.54, 1.807) is 0 Å². The topological polar surface area (TPSA) is 20.2 Å². The van der Waals surface area contributed by atoms with Gasteiger partial charge in [-0.3, -0.25) is 0 Å². The van der Waals surface area contributed by atoms with Gasteiger partial charge in [-0.1, -0.05) is 58.6 Å². The lowest BCUT2D eigenvalue weighted by Crippen LogP contribution is -2.36. The number of hydrogen-bond acceptors (Lipinski definition) is 1. The first-order valence-electron chi connectivity index (χ1n) is 5.26. The Morgan fingerprint density at radius 1 is 1.33 bits per heavy atom. The summed E-state index contributed by atoms with van der Waals surface area (Å²) in [5, 5.41) is 10.8. The SMILES string of the molecule is OC1CCCCC1(Br)c1ccccc1Cl. The Labute approximate surface area is 104 Å². The molecule has 1 fully saturated rings. The van der Waals surface area contributed by atoms with Gasteiger partial charge in [-0.25, -0.2) is 0 Å². The lowest BCUT2D eigenvalue weighted by molar-refractivity contribution is 0.0929. The van der Waals surface area contributed by atoms with Crippen molar-refractivity contribution >= 4 is 27.5 Å². The molecule has 0 saturated heterocycles. The van der Waals surface area contributed by atoms with Crippen LogP contribution in [-0.4, -0.2) is 11.2 Å². The summed E-state index contributed by atoms with van der Waals surface area (Å²) in [5.74, 6) is 0. The second kappa shape index (κ2) is 4.44. The van der Waals surface area contributed by atoms with Gasteiger partial charge in [0.25, 0.3) is 0 Å². The van der Waals surface area contributed by atoms with Gasteiger partial charge in [0.2, 0.25) is 0 Å². The van der Waals surface area contributed by atoms with Crippen molar-refractivity contribution < 1.29 is 5.11 Å². The van der Waals surface area contributed by atoms with Crippen molar-refractivity contribution in [3.8, 4) is 0 Å². The molecule has 15 heavy (non-hydrogen) atoms. The molecule has 1 N–H and O–H groups in total. The molecule has 0 heterocycles. The van der Waals surface area contributed by atoms with Crippen LogP contribution in [0.3, 0.4) is 0 Å². The highest BCUT2D eigenvalue weighted by Crippen LogP contribution is 2.46. The highest BCUT2D eigenvalue weighted by Gasteiger charge is 2.40. The van der Waals surface area contributed by atoms with Gasteiger partial charge in [0, 0.05) is 5.02 Å². The van der Waals surface area contributed by atoms with E-state index in [1.807, 2.05) is 24.3 Å². The van der Waals surface area contributed by atoms with E-state index in [2.05, 4.69) is 15.9 Å². The van der Waals surface area contributed by atoms with Crippen LogP contribution in [0.2, 0.25) is 5.02 Å². The predicted molar refractivity (Wildman–Crippen MR) is 66.5 cm³/mol. The van der Waals surface area contributed by atoms with E-state index in [1.165, 1.54) is 0 Å². The standard InChI is InChI=1S/C12H14BrClO/c13-12(8-4-3-7-11(12)15)9-5-1-2-6-10(9)14/h1-2,5-6,11,15H,3-4,7-8H2. The quantitative estimate of drug-likeness (QED) is 0.778. The van der Waals surface area contributed by atoms with Gasteiger partial charge in [-0.15, -0.1) is 0 Å². The molecule has 0 bridgehead atoms. The highest BCUT2D eigenvalue weighted by molar-refractivity contribution is 9.09. The summed E-state index contributed by atoms with van der Waals surface area (Å²) in [4.78, 5) is 0. The van der Waals surface area contributed by atoms with Crippen LogP contribution in [0, 0.1) is 0 Å². The van der Waals surface area contributed by atoms with E-state index in [9.17, 15) is 5.11 Å². The normalized spacial score (nSPS) is 31.5. The largest absolute Gasteiger partial charge is 0.391 e. The molecule has 0 spiro atoms. The third-order valence-corrected chi connectivity index (χ3v) is 4.80. The minimum atomic E-state index is -0.344. The Kier molecular flexibility index (Phi) is 3.39. The highest BCUT2D eigenvalue weighted by atomic mass is 79.9. The summed E-state index contributed by atoms with van der Waals surface area (Å²) in [7, 11) is 0. The summed E-state index contributed by atoms with van der Waals surface area (Å²) in [5.41, 5.74) is 1.01. The summed E-state index contributed by atoms with van der Waals surface area (Å²) in [6.45, 7) is 0. The summed E-state index contributed by atoms with van der Waals surface area (Å²) < 4.78 is -0.344. The third-order valence-electron chi connectivity index (χ3n) is 3.12. The van der Waals surface area contributed by atoms with Crippen LogP contribution in [0.1, 0.15) is 31.2 Å². The monoisotopic (exact) mass is 288 g/mol. The zero-order valence-corrected chi connectivity index (χ0v) is 10.8. The maximum atomic E-state index is 10.1. The van der Waals surface area contributed by atoms with Gasteiger partial charge in [0.15, 0.2) is 0 Å². The molecule has 0 amide bonds. The van der Waals surface area contributed by atoms with Crippen molar-refractivity contribution in [2.75, 3.05) is 0 Å². The van der Waals surface area contributed by atoms with Gasteiger partial charge >= 0.3 is 0 Å². The van der Waals surface area contributed by atoms with Gasteiger partial charge in [0.05, 0.1) is 10.4 Å². The minimum absolute atomic E-state index is 0.342. The fraction of sp³-hybridized carbons (Fsp3) is 0.500. The molecule has 1 aliphatic rings. The predicted octanol–water partition coefficient (Wildman–Crippen LogP) is 3.87. The van der Waals surface area contributed by atoms with Crippen molar-refractivity contribution in [3.05, 3.63) is 34.9 Å². The van der Waals surface area contributed by atoms with Crippen LogP contribution in [0.5, 0.6) is 0 Å². The zero-order valence-electron chi connectivity index (χ0n) is 8.42. The Morgan fingerprint density at radius 2 is 2.07 bits per heavy atom. The number of hydrogen-bond donors (Lipinski definition) is 1. The molecule has 1 aromatic rings. The fourth-order valence-corrected chi connectivity index (χ4v) is 3.50. The summed E-state index contributed by atoms with van der Waals surface area (Å²) >= 11 is 9.86. The molecule has 1 aromatic carbocycles. The number of aliphatic hydroxyl groups is 1. The Bertz CT molecular complexity index is 355. The fourth-order valence-electron chi connectivity index (χ4n) is 2.23. The molecule has 0 aliphatic heterocycles. The van der Waals surface area contributed by atoms with Crippen LogP contribution >= 0.6 is 27.5 Å². The van der Waals surface area contributed by atoms with Gasteiger partial charge in [-0.2, -0.15) is 0 Å². The van der Waals surface area contributed by atoms with Crippen LogP contribution in [-0.2, 0) is 4.32 Å². The molecule has 82 valence electrons. The molecule has 2 unspecified atom stereocenters. The van der Waals surface area contributed by atoms with Crippen LogP contribution in [0.15, 0.2) is 24.3 Å². The van der Waals surface area contributed by atoms with E-state index in [0.717, 1.165) is 36.3 Å². The van der Waals surface area contributed by atoms with E-state index < -0.39 is 0 Å². The molecule has 1 saturated carbocycles. The van der Waals surface area contributed by atoms with E-state index in [0.29, 0.717) is 0 Å². The van der Waals surface area contributed by atoms with E-state index in [4.69, 9.17) is 11.6 Å². The Balaban J connectivity index is 2.39. The van der Waals surface area contributed by atoms with Gasteiger partial charge < -0.3 is 5.11 Å². The molecule has 1 nitrogen and oxygen atoms in total. The first-order valence-corrected chi connectivity index (χ1v) is 6.43. The van der Waals surface area contributed by atoms with E-state index in [-0.39, 0.29) is 10.4 Å². The Morgan fingerprint density at radius 3 is 2.73 bits per heavy atom. The second-order valence-electron chi connectivity index (χ2n) is 4.10. The molecule has 2 atom stereocenters. The lowest BCUT2D eigenvalue weighted by atomic mass is 9.81. The second-order valence-corrected chi connectivity index (χ2v) is 5.93. The number of alkyl halides is 1. The molecule has 1 aliphatic carbocycles. The average Bonchev–Trinajstić information content (AvgIpc) is 2.23. The first-order chi connectivity index (χ1) is 7.14. The van der Waals surface area contributed by atoms with Crippen molar-refractivity contribution in [2.45, 2.75) is 36.1 Å².